The third kappa shape index (κ3) is 3.09. The highest BCUT2D eigenvalue weighted by Crippen LogP contribution is 2.07. The normalized spacial score (nSPS) is 23.8. The second-order valence-electron chi connectivity index (χ2n) is 4.19. The van der Waals surface area contributed by atoms with E-state index in [-0.39, 0.29) is 6.03 Å². The lowest BCUT2D eigenvalue weighted by atomic mass is 10.4. The number of amides is 2. The highest BCUT2D eigenvalue weighted by molar-refractivity contribution is 5.74. The van der Waals surface area contributed by atoms with Gasteiger partial charge < -0.3 is 19.3 Å². The average Bonchev–Trinajstić information content (AvgIpc) is 2.73. The minimum absolute atomic E-state index is 0.149. The van der Waals surface area contributed by atoms with E-state index in [1.807, 2.05) is 9.80 Å². The van der Waals surface area contributed by atoms with E-state index in [0.717, 1.165) is 52.2 Å². The fourth-order valence-electron chi connectivity index (χ4n) is 2.07. The Hall–Kier alpha value is -0.810. The molecule has 2 saturated heterocycles. The lowest BCUT2D eigenvalue weighted by molar-refractivity contribution is 0.124. The van der Waals surface area contributed by atoms with Gasteiger partial charge in [-0.3, -0.25) is 0 Å². The van der Waals surface area contributed by atoms with Crippen molar-refractivity contribution in [1.82, 2.24) is 9.80 Å². The van der Waals surface area contributed by atoms with Crippen LogP contribution in [-0.2, 0) is 9.47 Å². The maximum absolute atomic E-state index is 12.2. The number of carbonyl (C=O) groups is 1. The van der Waals surface area contributed by atoms with Gasteiger partial charge in [-0.05, 0) is 12.8 Å². The molecule has 0 spiro atoms. The van der Waals surface area contributed by atoms with Crippen LogP contribution < -0.4 is 0 Å². The van der Waals surface area contributed by atoms with Gasteiger partial charge >= 0.3 is 6.03 Å². The standard InChI is InChI=1S/C11H20N2O3/c14-11(12-3-1-7-15-9-5-12)13-4-2-8-16-10-6-13/h1-10H2. The van der Waals surface area contributed by atoms with Crippen LogP contribution in [0.5, 0.6) is 0 Å². The van der Waals surface area contributed by atoms with Crippen LogP contribution in [0.4, 0.5) is 4.79 Å². The Labute approximate surface area is 96.3 Å². The van der Waals surface area contributed by atoms with E-state index < -0.39 is 0 Å². The highest BCUT2D eigenvalue weighted by Gasteiger charge is 2.22. The molecule has 92 valence electrons. The summed E-state index contributed by atoms with van der Waals surface area (Å²) < 4.78 is 10.7. The summed E-state index contributed by atoms with van der Waals surface area (Å²) in [5, 5.41) is 0. The maximum atomic E-state index is 12.2. The first-order chi connectivity index (χ1) is 7.88. The Morgan fingerprint density at radius 3 is 1.75 bits per heavy atom. The molecule has 2 rings (SSSR count). The monoisotopic (exact) mass is 228 g/mol. The van der Waals surface area contributed by atoms with Gasteiger partial charge in [-0.15, -0.1) is 0 Å². The van der Waals surface area contributed by atoms with E-state index in [2.05, 4.69) is 0 Å². The number of nitrogens with zero attached hydrogens (tertiary/aromatic N) is 2. The number of ether oxygens (including phenoxy) is 2. The topological polar surface area (TPSA) is 42.0 Å². The van der Waals surface area contributed by atoms with Crippen molar-refractivity contribution in [3.05, 3.63) is 0 Å². The number of hydrogen-bond acceptors (Lipinski definition) is 3. The van der Waals surface area contributed by atoms with Gasteiger partial charge in [-0.25, -0.2) is 4.79 Å². The van der Waals surface area contributed by atoms with Crippen molar-refractivity contribution in [2.24, 2.45) is 0 Å². The molecule has 0 aromatic rings. The van der Waals surface area contributed by atoms with Gasteiger partial charge in [0.1, 0.15) is 0 Å². The predicted molar refractivity (Wildman–Crippen MR) is 59.4 cm³/mol. The van der Waals surface area contributed by atoms with Crippen molar-refractivity contribution in [2.45, 2.75) is 12.8 Å². The van der Waals surface area contributed by atoms with Crippen molar-refractivity contribution in [2.75, 3.05) is 52.6 Å². The smallest absolute Gasteiger partial charge is 0.320 e. The van der Waals surface area contributed by atoms with E-state index in [1.54, 1.807) is 0 Å². The minimum atomic E-state index is 0.149. The summed E-state index contributed by atoms with van der Waals surface area (Å²) in [5.74, 6) is 0. The SMILES string of the molecule is O=C(N1CCCOCC1)N1CCCOCC1. The Bertz CT molecular complexity index is 197. The molecule has 0 aromatic heterocycles. The second-order valence-corrected chi connectivity index (χ2v) is 4.19. The van der Waals surface area contributed by atoms with Crippen LogP contribution in [-0.4, -0.2) is 68.4 Å². The molecular weight excluding hydrogens is 208 g/mol. The second kappa shape index (κ2) is 6.06. The van der Waals surface area contributed by atoms with Crippen LogP contribution in [0, 0.1) is 0 Å². The van der Waals surface area contributed by atoms with Gasteiger partial charge in [-0.2, -0.15) is 0 Å². The van der Waals surface area contributed by atoms with Crippen molar-refractivity contribution in [3.8, 4) is 0 Å². The zero-order valence-electron chi connectivity index (χ0n) is 9.69. The molecule has 0 aliphatic carbocycles. The zero-order valence-corrected chi connectivity index (χ0v) is 9.69. The fourth-order valence-corrected chi connectivity index (χ4v) is 2.07. The van der Waals surface area contributed by atoms with Crippen LogP contribution in [0.25, 0.3) is 0 Å². The zero-order chi connectivity index (χ0) is 11.2. The first-order valence-corrected chi connectivity index (χ1v) is 6.07. The molecule has 2 aliphatic heterocycles. The maximum Gasteiger partial charge on any atom is 0.320 e. The molecule has 0 radical (unpaired) electrons. The van der Waals surface area contributed by atoms with Crippen molar-refractivity contribution in [1.29, 1.82) is 0 Å². The third-order valence-electron chi connectivity index (χ3n) is 2.99. The molecule has 2 fully saturated rings. The number of hydrogen-bond donors (Lipinski definition) is 0. The molecule has 5 nitrogen and oxygen atoms in total. The highest BCUT2D eigenvalue weighted by atomic mass is 16.5. The van der Waals surface area contributed by atoms with Crippen LogP contribution >= 0.6 is 0 Å². The summed E-state index contributed by atoms with van der Waals surface area (Å²) >= 11 is 0. The van der Waals surface area contributed by atoms with E-state index in [4.69, 9.17) is 9.47 Å². The number of urea groups is 1. The molecule has 0 N–H and O–H groups in total. The molecule has 16 heavy (non-hydrogen) atoms. The number of carbonyl (C=O) groups excluding carboxylic acids is 1. The molecule has 2 heterocycles. The summed E-state index contributed by atoms with van der Waals surface area (Å²) in [4.78, 5) is 16.0. The molecular formula is C11H20N2O3. The van der Waals surface area contributed by atoms with Crippen molar-refractivity contribution >= 4 is 6.03 Å². The van der Waals surface area contributed by atoms with Gasteiger partial charge in [0.2, 0.25) is 0 Å². The van der Waals surface area contributed by atoms with Gasteiger partial charge in [0.15, 0.2) is 0 Å². The summed E-state index contributed by atoms with van der Waals surface area (Å²) in [6.07, 6.45) is 1.88. The average molecular weight is 228 g/mol. The molecule has 0 bridgehead atoms. The molecule has 0 aromatic carbocycles. The molecule has 5 heteroatoms. The molecule has 0 atom stereocenters. The summed E-state index contributed by atoms with van der Waals surface area (Å²) in [5.41, 5.74) is 0. The Morgan fingerprint density at radius 1 is 0.750 bits per heavy atom. The van der Waals surface area contributed by atoms with Crippen molar-refractivity contribution in [3.63, 3.8) is 0 Å². The van der Waals surface area contributed by atoms with E-state index in [0.29, 0.717) is 13.2 Å². The van der Waals surface area contributed by atoms with Crippen LogP contribution in [0.15, 0.2) is 0 Å². The Kier molecular flexibility index (Phi) is 4.42. The number of rotatable bonds is 0. The first-order valence-electron chi connectivity index (χ1n) is 6.07. The van der Waals surface area contributed by atoms with Gasteiger partial charge in [-0.1, -0.05) is 0 Å². The van der Waals surface area contributed by atoms with Crippen molar-refractivity contribution < 1.29 is 14.3 Å². The summed E-state index contributed by atoms with van der Waals surface area (Å²) in [6.45, 7) is 5.94. The summed E-state index contributed by atoms with van der Waals surface area (Å²) in [7, 11) is 0. The predicted octanol–water partition coefficient (Wildman–Crippen LogP) is 0.551. The van der Waals surface area contributed by atoms with E-state index in [9.17, 15) is 4.79 Å². The lowest BCUT2D eigenvalue weighted by Crippen LogP contribution is -2.45. The fraction of sp³-hybridized carbons (Fsp3) is 0.909. The van der Waals surface area contributed by atoms with E-state index >= 15 is 0 Å². The molecule has 2 amide bonds. The van der Waals surface area contributed by atoms with Gasteiger partial charge in [0.05, 0.1) is 13.2 Å². The van der Waals surface area contributed by atoms with Crippen LogP contribution in [0.2, 0.25) is 0 Å². The first kappa shape index (κ1) is 11.7. The quantitative estimate of drug-likeness (QED) is 0.608. The third-order valence-corrected chi connectivity index (χ3v) is 2.99. The van der Waals surface area contributed by atoms with E-state index in [1.165, 1.54) is 0 Å². The summed E-state index contributed by atoms with van der Waals surface area (Å²) in [6, 6.07) is 0.149. The van der Waals surface area contributed by atoms with Crippen LogP contribution in [0.3, 0.4) is 0 Å². The molecule has 0 saturated carbocycles. The Balaban J connectivity index is 1.88. The van der Waals surface area contributed by atoms with Gasteiger partial charge in [0.25, 0.3) is 0 Å². The Morgan fingerprint density at radius 2 is 1.25 bits per heavy atom. The minimum Gasteiger partial charge on any atom is -0.380 e. The van der Waals surface area contributed by atoms with Crippen LogP contribution in [0.1, 0.15) is 12.8 Å². The molecule has 2 aliphatic rings. The lowest BCUT2D eigenvalue weighted by Gasteiger charge is -2.28. The van der Waals surface area contributed by atoms with Gasteiger partial charge in [0, 0.05) is 39.4 Å². The largest absolute Gasteiger partial charge is 0.380 e. The molecule has 0 unspecified atom stereocenters.